The van der Waals surface area contributed by atoms with Crippen LogP contribution in [0.5, 0.6) is 0 Å². The van der Waals surface area contributed by atoms with Crippen LogP contribution in [0.3, 0.4) is 0 Å². The van der Waals surface area contributed by atoms with Crippen LogP contribution in [0.1, 0.15) is 31.4 Å². The smallest absolute Gasteiger partial charge is 0.0810 e. The zero-order valence-electron chi connectivity index (χ0n) is 8.43. The van der Waals surface area contributed by atoms with Crippen LogP contribution in [0.2, 0.25) is 0 Å². The van der Waals surface area contributed by atoms with E-state index >= 15 is 0 Å². The Morgan fingerprint density at radius 1 is 1.40 bits per heavy atom. The summed E-state index contributed by atoms with van der Waals surface area (Å²) >= 11 is 6.81. The van der Waals surface area contributed by atoms with Crippen molar-refractivity contribution in [3.05, 3.63) is 32.7 Å². The Balaban J connectivity index is 2.74. The van der Waals surface area contributed by atoms with Crippen LogP contribution >= 0.6 is 31.9 Å². The first-order valence-electron chi connectivity index (χ1n) is 4.67. The van der Waals surface area contributed by atoms with Gasteiger partial charge in [0.1, 0.15) is 0 Å². The van der Waals surface area contributed by atoms with Gasteiger partial charge in [-0.2, -0.15) is 0 Å². The fourth-order valence-corrected chi connectivity index (χ4v) is 2.15. The molecule has 0 aliphatic rings. The summed E-state index contributed by atoms with van der Waals surface area (Å²) in [6.07, 6.45) is 0.921. The minimum absolute atomic E-state index is 0.460. The van der Waals surface area contributed by atoms with Crippen LogP contribution in [0.4, 0.5) is 0 Å². The Bertz CT molecular complexity index is 390. The lowest BCUT2D eigenvalue weighted by Gasteiger charge is -2.11. The molecule has 0 fully saturated rings. The molecule has 1 unspecified atom stereocenters. The van der Waals surface area contributed by atoms with Crippen molar-refractivity contribution in [2.24, 2.45) is 0 Å². The van der Waals surface area contributed by atoms with Gasteiger partial charge >= 0.3 is 0 Å². The molecule has 0 spiro atoms. The molecule has 80 valence electrons. The molecule has 1 N–H and O–H groups in total. The van der Waals surface area contributed by atoms with E-state index in [-0.39, 0.29) is 0 Å². The quantitative estimate of drug-likeness (QED) is 0.828. The van der Waals surface area contributed by atoms with Crippen molar-refractivity contribution >= 4 is 31.9 Å². The number of aliphatic hydroxyl groups excluding tert-OH is 1. The molecule has 0 radical (unpaired) electrons. The Morgan fingerprint density at radius 2 is 2.13 bits per heavy atom. The number of hydrogen-bond acceptors (Lipinski definition) is 1. The van der Waals surface area contributed by atoms with E-state index in [1.807, 2.05) is 18.2 Å². The van der Waals surface area contributed by atoms with Gasteiger partial charge in [0.15, 0.2) is 0 Å². The zero-order valence-corrected chi connectivity index (χ0v) is 11.6. The van der Waals surface area contributed by atoms with Gasteiger partial charge in [0.05, 0.1) is 6.10 Å². The predicted molar refractivity (Wildman–Crippen MR) is 69.5 cm³/mol. The second kappa shape index (κ2) is 6.32. The first kappa shape index (κ1) is 12.8. The Hall–Kier alpha value is -0.300. The summed E-state index contributed by atoms with van der Waals surface area (Å²) < 4.78 is 1.91. The van der Waals surface area contributed by atoms with E-state index in [0.29, 0.717) is 6.42 Å². The van der Waals surface area contributed by atoms with E-state index in [2.05, 4.69) is 43.7 Å². The molecule has 0 bridgehead atoms. The van der Waals surface area contributed by atoms with Gasteiger partial charge in [-0.25, -0.2) is 0 Å². The third kappa shape index (κ3) is 3.98. The van der Waals surface area contributed by atoms with Crippen molar-refractivity contribution in [2.45, 2.75) is 25.9 Å². The first-order chi connectivity index (χ1) is 7.15. The molecule has 3 heteroatoms. The van der Waals surface area contributed by atoms with Crippen LogP contribution in [0.25, 0.3) is 0 Å². The van der Waals surface area contributed by atoms with Crippen molar-refractivity contribution in [1.29, 1.82) is 0 Å². The predicted octanol–water partition coefficient (Wildman–Crippen LogP) is 4.05. The van der Waals surface area contributed by atoms with E-state index in [0.717, 1.165) is 20.9 Å². The van der Waals surface area contributed by atoms with Crippen molar-refractivity contribution in [2.75, 3.05) is 0 Å². The standard InChI is InChI=1S/C12H12Br2O/c1-2-3-4-5-12(15)10-8-9(13)6-7-11(10)14/h6-8,12,15H,4-5H2,1H3. The van der Waals surface area contributed by atoms with Crippen LogP contribution < -0.4 is 0 Å². The van der Waals surface area contributed by atoms with Crippen LogP contribution in [-0.2, 0) is 0 Å². The third-order valence-electron chi connectivity index (χ3n) is 2.04. The molecular formula is C12H12Br2O. The minimum atomic E-state index is -0.460. The molecule has 1 aromatic rings. The lowest BCUT2D eigenvalue weighted by atomic mass is 10.1. The lowest BCUT2D eigenvalue weighted by Crippen LogP contribution is -1.98. The van der Waals surface area contributed by atoms with Crippen LogP contribution in [0, 0.1) is 11.8 Å². The molecular weight excluding hydrogens is 320 g/mol. The molecule has 0 aliphatic heterocycles. The van der Waals surface area contributed by atoms with E-state index in [1.165, 1.54) is 0 Å². The van der Waals surface area contributed by atoms with Gasteiger partial charge in [0, 0.05) is 15.4 Å². The van der Waals surface area contributed by atoms with Crippen LogP contribution in [0.15, 0.2) is 27.1 Å². The fraction of sp³-hybridized carbons (Fsp3) is 0.333. The van der Waals surface area contributed by atoms with E-state index in [1.54, 1.807) is 6.92 Å². The van der Waals surface area contributed by atoms with Gasteiger partial charge < -0.3 is 5.11 Å². The molecule has 0 saturated carbocycles. The highest BCUT2D eigenvalue weighted by molar-refractivity contribution is 9.11. The van der Waals surface area contributed by atoms with Crippen LogP contribution in [-0.4, -0.2) is 5.11 Å². The van der Waals surface area contributed by atoms with Gasteiger partial charge in [-0.1, -0.05) is 31.9 Å². The maximum atomic E-state index is 9.93. The summed E-state index contributed by atoms with van der Waals surface area (Å²) in [6, 6.07) is 5.79. The number of benzene rings is 1. The van der Waals surface area contributed by atoms with Gasteiger partial charge in [-0.05, 0) is 37.1 Å². The summed E-state index contributed by atoms with van der Waals surface area (Å²) in [7, 11) is 0. The highest BCUT2D eigenvalue weighted by Gasteiger charge is 2.10. The molecule has 0 amide bonds. The molecule has 0 aliphatic carbocycles. The molecule has 0 heterocycles. The normalized spacial score (nSPS) is 11.7. The number of aliphatic hydroxyl groups is 1. The largest absolute Gasteiger partial charge is 0.388 e. The van der Waals surface area contributed by atoms with Crippen molar-refractivity contribution < 1.29 is 5.11 Å². The average Bonchev–Trinajstić information content (AvgIpc) is 2.22. The second-order valence-corrected chi connectivity index (χ2v) is 4.92. The molecule has 1 rings (SSSR count). The SMILES string of the molecule is CC#CCCC(O)c1cc(Br)ccc1Br. The number of halogens is 2. The van der Waals surface area contributed by atoms with E-state index in [9.17, 15) is 5.11 Å². The minimum Gasteiger partial charge on any atom is -0.388 e. The highest BCUT2D eigenvalue weighted by Crippen LogP contribution is 2.29. The molecule has 15 heavy (non-hydrogen) atoms. The summed E-state index contributed by atoms with van der Waals surface area (Å²) in [5, 5.41) is 9.93. The summed E-state index contributed by atoms with van der Waals surface area (Å²) in [4.78, 5) is 0. The Morgan fingerprint density at radius 3 is 2.80 bits per heavy atom. The molecule has 0 saturated heterocycles. The topological polar surface area (TPSA) is 20.2 Å². The third-order valence-corrected chi connectivity index (χ3v) is 3.25. The summed E-state index contributed by atoms with van der Waals surface area (Å²) in [5.74, 6) is 5.76. The van der Waals surface area contributed by atoms with E-state index < -0.39 is 6.10 Å². The summed E-state index contributed by atoms with van der Waals surface area (Å²) in [6.45, 7) is 1.81. The van der Waals surface area contributed by atoms with Gasteiger partial charge in [0.2, 0.25) is 0 Å². The first-order valence-corrected chi connectivity index (χ1v) is 6.26. The number of rotatable bonds is 3. The van der Waals surface area contributed by atoms with Crippen molar-refractivity contribution in [3.8, 4) is 11.8 Å². The second-order valence-electron chi connectivity index (χ2n) is 3.15. The molecule has 1 aromatic carbocycles. The van der Waals surface area contributed by atoms with Crippen molar-refractivity contribution in [1.82, 2.24) is 0 Å². The lowest BCUT2D eigenvalue weighted by molar-refractivity contribution is 0.168. The molecule has 0 aromatic heterocycles. The maximum absolute atomic E-state index is 9.93. The molecule has 1 atom stereocenters. The molecule has 1 nitrogen and oxygen atoms in total. The Kier molecular flexibility index (Phi) is 5.38. The average molecular weight is 332 g/mol. The van der Waals surface area contributed by atoms with Gasteiger partial charge in [0.25, 0.3) is 0 Å². The maximum Gasteiger partial charge on any atom is 0.0810 e. The highest BCUT2D eigenvalue weighted by atomic mass is 79.9. The van der Waals surface area contributed by atoms with Gasteiger partial charge in [-0.15, -0.1) is 11.8 Å². The monoisotopic (exact) mass is 330 g/mol. The number of hydrogen-bond donors (Lipinski definition) is 1. The van der Waals surface area contributed by atoms with Crippen molar-refractivity contribution in [3.63, 3.8) is 0 Å². The fourth-order valence-electron chi connectivity index (χ4n) is 1.26. The van der Waals surface area contributed by atoms with Gasteiger partial charge in [-0.3, -0.25) is 0 Å². The summed E-state index contributed by atoms with van der Waals surface area (Å²) in [5.41, 5.74) is 0.905. The zero-order chi connectivity index (χ0) is 11.3. The Labute approximate surface area is 107 Å². The van der Waals surface area contributed by atoms with E-state index in [4.69, 9.17) is 0 Å².